The highest BCUT2D eigenvalue weighted by Crippen LogP contribution is 2.37. The summed E-state index contributed by atoms with van der Waals surface area (Å²) in [6, 6.07) is 49.6. The van der Waals surface area contributed by atoms with E-state index in [1.807, 2.05) is 0 Å². The van der Waals surface area contributed by atoms with Crippen LogP contribution in [0.4, 0.5) is 0 Å². The summed E-state index contributed by atoms with van der Waals surface area (Å²) in [6.07, 6.45) is 2.22. The number of fused-ring (bicyclic) bond motifs is 1. The van der Waals surface area contributed by atoms with Gasteiger partial charge in [-0.2, -0.15) is 0 Å². The van der Waals surface area contributed by atoms with Crippen LogP contribution in [0, 0.1) is 6.92 Å². The lowest BCUT2D eigenvalue weighted by molar-refractivity contribution is -0.659. The van der Waals surface area contributed by atoms with Crippen molar-refractivity contribution in [2.24, 2.45) is 7.05 Å². The lowest BCUT2D eigenvalue weighted by Crippen LogP contribution is -2.72. The molecule has 5 aromatic carbocycles. The summed E-state index contributed by atoms with van der Waals surface area (Å²) in [5.74, 6) is 0. The van der Waals surface area contributed by atoms with Gasteiger partial charge in [0.05, 0.1) is 10.9 Å². The van der Waals surface area contributed by atoms with Crippen LogP contribution in [-0.4, -0.2) is 8.07 Å². The van der Waals surface area contributed by atoms with E-state index in [0.717, 1.165) is 0 Å². The predicted molar refractivity (Wildman–Crippen MR) is 178 cm³/mol. The molecule has 0 unspecified atom stereocenters. The van der Waals surface area contributed by atoms with Crippen molar-refractivity contribution in [3.8, 4) is 22.4 Å². The minimum absolute atomic E-state index is 0.0479. The van der Waals surface area contributed by atoms with Crippen molar-refractivity contribution in [2.75, 3.05) is 0 Å². The smallest absolute Gasteiger partial charge is 0.200 e. The van der Waals surface area contributed by atoms with Crippen LogP contribution in [0.2, 0.25) is 5.04 Å². The summed E-state index contributed by atoms with van der Waals surface area (Å²) >= 11 is 0. The van der Waals surface area contributed by atoms with Gasteiger partial charge in [0.2, 0.25) is 5.69 Å². The fourth-order valence-electron chi connectivity index (χ4n) is 6.80. The number of rotatable bonds is 5. The van der Waals surface area contributed by atoms with Gasteiger partial charge >= 0.3 is 0 Å². The number of aromatic nitrogens is 1. The first kappa shape index (κ1) is 26.9. The van der Waals surface area contributed by atoms with E-state index in [2.05, 4.69) is 179 Å². The van der Waals surface area contributed by atoms with E-state index in [0.29, 0.717) is 0 Å². The molecule has 0 spiro atoms. The molecule has 0 fully saturated rings. The van der Waals surface area contributed by atoms with Crippen LogP contribution < -0.4 is 20.1 Å². The van der Waals surface area contributed by atoms with Crippen LogP contribution >= 0.6 is 0 Å². The molecule has 0 aliphatic carbocycles. The molecule has 2 heteroatoms. The van der Waals surface area contributed by atoms with E-state index in [1.54, 1.807) is 0 Å². The predicted octanol–water partition coefficient (Wildman–Crippen LogP) is 7.58. The summed E-state index contributed by atoms with van der Waals surface area (Å²) in [4.78, 5) is 0. The number of hydrogen-bond acceptors (Lipinski definition) is 0. The van der Waals surface area contributed by atoms with Crippen molar-refractivity contribution >= 4 is 34.4 Å². The molecule has 202 valence electrons. The average Bonchev–Trinajstić information content (AvgIpc) is 2.99. The molecule has 0 atom stereocenters. The van der Waals surface area contributed by atoms with Gasteiger partial charge in [0.25, 0.3) is 0 Å². The van der Waals surface area contributed by atoms with Crippen molar-refractivity contribution in [3.63, 3.8) is 0 Å². The Kier molecular flexibility index (Phi) is 6.97. The van der Waals surface area contributed by atoms with Crippen molar-refractivity contribution in [1.29, 1.82) is 0 Å². The van der Waals surface area contributed by atoms with Gasteiger partial charge in [-0.25, -0.2) is 4.57 Å². The van der Waals surface area contributed by atoms with E-state index in [9.17, 15) is 0 Å². The molecule has 0 aliphatic heterocycles. The van der Waals surface area contributed by atoms with Crippen LogP contribution in [0.25, 0.3) is 33.2 Å². The van der Waals surface area contributed by atoms with Crippen molar-refractivity contribution < 1.29 is 4.57 Å². The molecule has 0 saturated carbocycles. The van der Waals surface area contributed by atoms with E-state index >= 15 is 0 Å². The molecule has 0 saturated heterocycles. The maximum Gasteiger partial charge on any atom is 0.220 e. The van der Waals surface area contributed by atoms with Crippen LogP contribution in [0.15, 0.2) is 140 Å². The summed E-state index contributed by atoms with van der Waals surface area (Å²) < 4.78 is 2.28. The van der Waals surface area contributed by atoms with Crippen LogP contribution in [-0.2, 0) is 7.05 Å². The quantitative estimate of drug-likeness (QED) is 0.119. The molecule has 41 heavy (non-hydrogen) atoms. The van der Waals surface area contributed by atoms with E-state index in [1.165, 1.54) is 54.3 Å². The highest BCUT2D eigenvalue weighted by molar-refractivity contribution is 7.13. The molecule has 0 amide bonds. The Morgan fingerprint density at radius 3 is 1.73 bits per heavy atom. The highest BCUT2D eigenvalue weighted by atomic mass is 28.3. The Labute approximate surface area is 245 Å². The molecule has 1 nitrogen and oxygen atoms in total. The zero-order valence-electron chi connectivity index (χ0n) is 24.7. The Morgan fingerprint density at radius 1 is 0.561 bits per heavy atom. The Morgan fingerprint density at radius 2 is 1.15 bits per heavy atom. The second-order valence-electron chi connectivity index (χ2n) is 12.2. The number of benzene rings is 5. The molecule has 1 heterocycles. The Bertz CT molecular complexity index is 1780. The fourth-order valence-corrected chi connectivity index (χ4v) is 12.5. The molecular formula is C39H38NSi+. The van der Waals surface area contributed by atoms with E-state index < -0.39 is 8.07 Å². The first-order valence-electron chi connectivity index (χ1n) is 14.5. The maximum absolute atomic E-state index is 2.49. The monoisotopic (exact) mass is 548 g/mol. The van der Waals surface area contributed by atoms with Gasteiger partial charge in [-0.1, -0.05) is 136 Å². The lowest BCUT2D eigenvalue weighted by atomic mass is 9.95. The third kappa shape index (κ3) is 4.63. The molecule has 1 aromatic heterocycles. The summed E-state index contributed by atoms with van der Waals surface area (Å²) in [7, 11) is -0.258. The lowest BCUT2D eigenvalue weighted by Gasteiger charge is -2.44. The van der Waals surface area contributed by atoms with Gasteiger partial charge in [0, 0.05) is 6.07 Å². The van der Waals surface area contributed by atoms with E-state index in [-0.39, 0.29) is 5.04 Å². The van der Waals surface area contributed by atoms with Gasteiger partial charge in [-0.3, -0.25) is 0 Å². The second-order valence-corrected chi connectivity index (χ2v) is 16.9. The van der Waals surface area contributed by atoms with Crippen LogP contribution in [0.3, 0.4) is 0 Å². The summed E-state index contributed by atoms with van der Waals surface area (Å²) in [5.41, 5.74) is 6.30. The average molecular weight is 549 g/mol. The molecule has 0 bridgehead atoms. The van der Waals surface area contributed by atoms with Gasteiger partial charge < -0.3 is 0 Å². The maximum atomic E-state index is 2.49. The third-order valence-corrected chi connectivity index (χ3v) is 14.5. The molecule has 0 radical (unpaired) electrons. The van der Waals surface area contributed by atoms with E-state index in [4.69, 9.17) is 0 Å². The van der Waals surface area contributed by atoms with Crippen molar-refractivity contribution in [3.05, 3.63) is 145 Å². The Hall–Kier alpha value is -4.27. The highest BCUT2D eigenvalue weighted by Gasteiger charge is 2.49. The van der Waals surface area contributed by atoms with Crippen LogP contribution in [0.5, 0.6) is 0 Å². The van der Waals surface area contributed by atoms with Crippen molar-refractivity contribution in [1.82, 2.24) is 0 Å². The van der Waals surface area contributed by atoms with Crippen LogP contribution in [0.1, 0.15) is 26.3 Å². The first-order valence-corrected chi connectivity index (χ1v) is 16.5. The number of nitrogens with zero attached hydrogens (tertiary/aromatic N) is 1. The first-order chi connectivity index (χ1) is 19.8. The number of pyridine rings is 1. The minimum atomic E-state index is -2.42. The second kappa shape index (κ2) is 10.6. The van der Waals surface area contributed by atoms with Gasteiger partial charge in [-0.15, -0.1) is 0 Å². The summed E-state index contributed by atoms with van der Waals surface area (Å²) in [5, 5.41) is 6.96. The molecule has 6 rings (SSSR count). The van der Waals surface area contributed by atoms with Gasteiger partial charge in [0.15, 0.2) is 14.3 Å². The zero-order chi connectivity index (χ0) is 28.6. The largest absolute Gasteiger partial charge is 0.220 e. The minimum Gasteiger partial charge on any atom is -0.200 e. The number of hydrogen-bond donors (Lipinski definition) is 0. The third-order valence-electron chi connectivity index (χ3n) is 8.71. The van der Waals surface area contributed by atoms with Gasteiger partial charge in [0.1, 0.15) is 7.05 Å². The molecule has 0 aliphatic rings. The topological polar surface area (TPSA) is 3.88 Å². The Balaban J connectivity index is 1.61. The normalized spacial score (nSPS) is 12.0. The van der Waals surface area contributed by atoms with Gasteiger partial charge in [-0.05, 0) is 61.7 Å². The number of aryl methyl sites for hydroxylation is 2. The molecule has 0 N–H and O–H groups in total. The molecule has 6 aromatic rings. The SMILES string of the molecule is Cc1ccc(-c2ccccc2)cc1-c1c2ccc([Si](c3ccccc3)(c3ccccc3)C(C)(C)C)cc2cc[n+]1C. The fraction of sp³-hybridized carbons (Fsp3) is 0.154. The van der Waals surface area contributed by atoms with Crippen molar-refractivity contribution in [2.45, 2.75) is 32.7 Å². The molecular weight excluding hydrogens is 511 g/mol. The summed E-state index contributed by atoms with van der Waals surface area (Å²) in [6.45, 7) is 9.51. The zero-order valence-corrected chi connectivity index (χ0v) is 25.7. The standard InChI is InChI=1S/C39H38NSi/c1-29-21-22-31(30-15-9-6-10-16-30)28-37(29)38-36-24-23-35(27-32(36)25-26-40(38)5)41(39(2,3)4,33-17-11-7-12-18-33)34-19-13-8-14-20-34/h6-28H,1-5H3/q+1.